The topological polar surface area (TPSA) is 14.1 Å². The van der Waals surface area contributed by atoms with Gasteiger partial charge in [0, 0.05) is 23.0 Å². The van der Waals surface area contributed by atoms with Crippen LogP contribution in [0.3, 0.4) is 0 Å². The summed E-state index contributed by atoms with van der Waals surface area (Å²) in [6, 6.07) is 4.49. The zero-order valence-corrected chi connectivity index (χ0v) is 11.2. The third-order valence-corrected chi connectivity index (χ3v) is 2.63. The summed E-state index contributed by atoms with van der Waals surface area (Å²) in [7, 11) is 0. The Balaban J connectivity index is 3.30. The van der Waals surface area contributed by atoms with E-state index >= 15 is 0 Å². The second-order valence-corrected chi connectivity index (χ2v) is 6.49. The lowest BCUT2D eigenvalue weighted by molar-refractivity contribution is -0.414. The van der Waals surface area contributed by atoms with Gasteiger partial charge in [-0.05, 0) is 12.5 Å². The van der Waals surface area contributed by atoms with Crippen molar-refractivity contribution in [1.82, 2.24) is 0 Å². The van der Waals surface area contributed by atoms with Crippen LogP contribution in [-0.4, -0.2) is 0 Å². The molecule has 0 saturated heterocycles. The number of hydrogen-bond donors (Lipinski definition) is 0. The summed E-state index contributed by atoms with van der Waals surface area (Å²) in [5, 5.41) is 0. The average molecular weight is 206 g/mol. The first-order chi connectivity index (χ1) is 6.60. The second-order valence-electron chi connectivity index (χ2n) is 6.49. The van der Waals surface area contributed by atoms with Gasteiger partial charge >= 0.3 is 0 Å². The number of hydrogen-bond acceptors (Lipinski definition) is 0. The van der Waals surface area contributed by atoms with Crippen molar-refractivity contribution in [2.24, 2.45) is 0 Å². The molecule has 15 heavy (non-hydrogen) atoms. The Morgan fingerprint density at radius 1 is 0.800 bits per heavy atom. The maximum Gasteiger partial charge on any atom is 0.185 e. The summed E-state index contributed by atoms with van der Waals surface area (Å²) in [4.78, 5) is 3.57. The fourth-order valence-electron chi connectivity index (χ4n) is 1.52. The minimum absolute atomic E-state index is 0.187. The van der Waals surface area contributed by atoms with E-state index in [1.54, 1.807) is 0 Å². The highest BCUT2D eigenvalue weighted by Crippen LogP contribution is 2.23. The van der Waals surface area contributed by atoms with Crippen LogP contribution in [0.2, 0.25) is 0 Å². The summed E-state index contributed by atoms with van der Waals surface area (Å²) in [6.07, 6.45) is 0. The third kappa shape index (κ3) is 3.05. The van der Waals surface area contributed by atoms with E-state index in [1.807, 2.05) is 0 Å². The minimum atomic E-state index is 0.187. The lowest BCUT2D eigenvalue weighted by Crippen LogP contribution is -2.32. The maximum atomic E-state index is 3.57. The first-order valence-electron chi connectivity index (χ1n) is 5.65. The van der Waals surface area contributed by atoms with E-state index in [1.165, 1.54) is 17.0 Å². The Morgan fingerprint density at radius 3 is 1.40 bits per heavy atom. The molecule has 1 nitrogen and oxygen atoms in total. The molecule has 0 fully saturated rings. The van der Waals surface area contributed by atoms with Gasteiger partial charge in [-0.2, -0.15) is 0 Å². The molecule has 0 bridgehead atoms. The van der Waals surface area contributed by atoms with Gasteiger partial charge in [0.15, 0.2) is 11.4 Å². The number of aryl methyl sites for hydroxylation is 1. The highest BCUT2D eigenvalue weighted by atomic mass is 14.7. The number of aromatic nitrogens is 1. The molecule has 1 N–H and O–H groups in total. The largest absolute Gasteiger partial charge is 0.212 e. The van der Waals surface area contributed by atoms with E-state index in [-0.39, 0.29) is 10.8 Å². The zero-order valence-electron chi connectivity index (χ0n) is 11.2. The van der Waals surface area contributed by atoms with Crippen molar-refractivity contribution >= 4 is 0 Å². The predicted octanol–water partition coefficient (Wildman–Crippen LogP) is 3.40. The molecule has 0 radical (unpaired) electrons. The van der Waals surface area contributed by atoms with Crippen molar-refractivity contribution in [2.45, 2.75) is 59.3 Å². The van der Waals surface area contributed by atoms with E-state index in [0.717, 1.165) is 0 Å². The van der Waals surface area contributed by atoms with Crippen molar-refractivity contribution in [1.29, 1.82) is 0 Å². The monoisotopic (exact) mass is 206 g/mol. The quantitative estimate of drug-likeness (QED) is 0.617. The predicted molar refractivity (Wildman–Crippen MR) is 65.1 cm³/mol. The van der Waals surface area contributed by atoms with E-state index in [9.17, 15) is 0 Å². The summed E-state index contributed by atoms with van der Waals surface area (Å²) in [6.45, 7) is 15.6. The zero-order chi connectivity index (χ0) is 11.9. The summed E-state index contributed by atoms with van der Waals surface area (Å²) in [5.41, 5.74) is 4.33. The van der Waals surface area contributed by atoms with Gasteiger partial charge in [0.2, 0.25) is 0 Å². The van der Waals surface area contributed by atoms with Crippen LogP contribution in [0.5, 0.6) is 0 Å². The molecule has 0 atom stereocenters. The number of aromatic amines is 1. The molecule has 0 amide bonds. The van der Waals surface area contributed by atoms with Crippen LogP contribution < -0.4 is 4.98 Å². The molecule has 84 valence electrons. The maximum absolute atomic E-state index is 3.57. The lowest BCUT2D eigenvalue weighted by Gasteiger charge is -2.18. The number of H-pyrrole nitrogens is 1. The standard InChI is InChI=1S/C14H23N/c1-10-8-11(13(2,3)4)15-12(9-10)14(5,6)7/h8-9H,1-7H3/p+1. The van der Waals surface area contributed by atoms with Crippen molar-refractivity contribution in [3.63, 3.8) is 0 Å². The normalized spacial score (nSPS) is 13.0. The number of pyridine rings is 1. The SMILES string of the molecule is Cc1cc(C(C)(C)C)[nH+]c(C(C)(C)C)c1. The molecule has 0 unspecified atom stereocenters. The van der Waals surface area contributed by atoms with Crippen LogP contribution in [0.4, 0.5) is 0 Å². The van der Waals surface area contributed by atoms with Crippen molar-refractivity contribution < 1.29 is 4.98 Å². The van der Waals surface area contributed by atoms with Crippen LogP contribution in [-0.2, 0) is 10.8 Å². The fraction of sp³-hybridized carbons (Fsp3) is 0.643. The van der Waals surface area contributed by atoms with Gasteiger partial charge < -0.3 is 0 Å². The molecule has 1 aromatic rings. The fourth-order valence-corrected chi connectivity index (χ4v) is 1.52. The Bertz CT molecular complexity index is 318. The first kappa shape index (κ1) is 12.2. The minimum Gasteiger partial charge on any atom is -0.212 e. The Labute approximate surface area is 93.9 Å². The molecule has 1 heterocycles. The lowest BCUT2D eigenvalue weighted by atomic mass is 9.87. The Kier molecular flexibility index (Phi) is 2.95. The summed E-state index contributed by atoms with van der Waals surface area (Å²) >= 11 is 0. The van der Waals surface area contributed by atoms with Crippen LogP contribution in [0.1, 0.15) is 58.5 Å². The number of rotatable bonds is 0. The highest BCUT2D eigenvalue weighted by molar-refractivity contribution is 5.21. The van der Waals surface area contributed by atoms with Crippen molar-refractivity contribution in [3.05, 3.63) is 29.1 Å². The molecule has 0 saturated carbocycles. The van der Waals surface area contributed by atoms with E-state index in [2.05, 4.69) is 65.6 Å². The van der Waals surface area contributed by atoms with Gasteiger partial charge in [-0.25, -0.2) is 4.98 Å². The number of nitrogens with one attached hydrogen (secondary N) is 1. The van der Waals surface area contributed by atoms with Crippen LogP contribution in [0, 0.1) is 6.92 Å². The second kappa shape index (κ2) is 3.62. The molecule has 0 aromatic carbocycles. The smallest absolute Gasteiger partial charge is 0.185 e. The average Bonchev–Trinajstić information content (AvgIpc) is 1.99. The summed E-state index contributed by atoms with van der Waals surface area (Å²) < 4.78 is 0. The third-order valence-electron chi connectivity index (χ3n) is 2.63. The highest BCUT2D eigenvalue weighted by Gasteiger charge is 2.27. The Hall–Kier alpha value is -0.850. The molecule has 0 aliphatic carbocycles. The van der Waals surface area contributed by atoms with Crippen molar-refractivity contribution in [3.8, 4) is 0 Å². The molecule has 1 rings (SSSR count). The molecule has 1 aromatic heterocycles. The van der Waals surface area contributed by atoms with Crippen molar-refractivity contribution in [2.75, 3.05) is 0 Å². The van der Waals surface area contributed by atoms with E-state index in [0.29, 0.717) is 0 Å². The van der Waals surface area contributed by atoms with E-state index < -0.39 is 0 Å². The molecule has 1 heteroatoms. The van der Waals surface area contributed by atoms with E-state index in [4.69, 9.17) is 0 Å². The molecule has 0 spiro atoms. The van der Waals surface area contributed by atoms with Gasteiger partial charge in [-0.3, -0.25) is 0 Å². The van der Waals surface area contributed by atoms with Gasteiger partial charge in [-0.1, -0.05) is 41.5 Å². The van der Waals surface area contributed by atoms with Crippen LogP contribution in [0.25, 0.3) is 0 Å². The summed E-state index contributed by atoms with van der Waals surface area (Å²) in [5.74, 6) is 0. The van der Waals surface area contributed by atoms with Crippen LogP contribution >= 0.6 is 0 Å². The molecular weight excluding hydrogens is 182 g/mol. The molecule has 0 aliphatic rings. The van der Waals surface area contributed by atoms with Gasteiger partial charge in [-0.15, -0.1) is 0 Å². The van der Waals surface area contributed by atoms with Gasteiger partial charge in [0.05, 0.1) is 0 Å². The molecular formula is C14H24N+. The van der Waals surface area contributed by atoms with Gasteiger partial charge in [0.25, 0.3) is 0 Å². The molecule has 0 aliphatic heterocycles. The Morgan fingerprint density at radius 2 is 1.13 bits per heavy atom. The van der Waals surface area contributed by atoms with Crippen LogP contribution in [0.15, 0.2) is 12.1 Å². The van der Waals surface area contributed by atoms with Gasteiger partial charge in [0.1, 0.15) is 0 Å². The first-order valence-corrected chi connectivity index (χ1v) is 5.65.